The van der Waals surface area contributed by atoms with Gasteiger partial charge in [0.15, 0.2) is 5.78 Å². The topological polar surface area (TPSA) is 64.6 Å². The molecule has 0 radical (unpaired) electrons. The van der Waals surface area contributed by atoms with Gasteiger partial charge in [0.2, 0.25) is 5.91 Å². The van der Waals surface area contributed by atoms with E-state index < -0.39 is 0 Å². The van der Waals surface area contributed by atoms with E-state index in [1.807, 2.05) is 24.3 Å². The summed E-state index contributed by atoms with van der Waals surface area (Å²) in [6.07, 6.45) is 0.0914. The Labute approximate surface area is 190 Å². The van der Waals surface area contributed by atoms with Gasteiger partial charge in [-0.3, -0.25) is 9.59 Å². The minimum absolute atomic E-state index is 0.0450. The van der Waals surface area contributed by atoms with E-state index in [4.69, 9.17) is 32.7 Å². The second-order valence-electron chi connectivity index (χ2n) is 6.76. The Bertz CT molecular complexity index is 1050. The number of carbonyl (C=O) groups is 2. The van der Waals surface area contributed by atoms with Crippen molar-refractivity contribution in [3.05, 3.63) is 87.9 Å². The summed E-state index contributed by atoms with van der Waals surface area (Å²) >= 11 is 11.8. The van der Waals surface area contributed by atoms with Gasteiger partial charge < -0.3 is 14.8 Å². The number of benzene rings is 3. The molecule has 0 unspecified atom stereocenters. The fourth-order valence-electron chi connectivity index (χ4n) is 2.87. The molecular weight excluding hydrogens is 437 g/mol. The SMILES string of the molecule is COc1ccc(Cl)cc1C(=O)CCC(=O)Nc1ccc(OCc2ccc(Cl)cc2)cc1. The zero-order valence-electron chi connectivity index (χ0n) is 16.9. The summed E-state index contributed by atoms with van der Waals surface area (Å²) in [6, 6.07) is 19.3. The zero-order valence-corrected chi connectivity index (χ0v) is 18.4. The second kappa shape index (κ2) is 10.8. The Morgan fingerprint density at radius 3 is 2.23 bits per heavy atom. The van der Waals surface area contributed by atoms with Crippen molar-refractivity contribution >= 4 is 40.6 Å². The van der Waals surface area contributed by atoms with Gasteiger partial charge in [0.25, 0.3) is 0 Å². The van der Waals surface area contributed by atoms with Crippen molar-refractivity contribution in [2.75, 3.05) is 12.4 Å². The van der Waals surface area contributed by atoms with Gasteiger partial charge in [-0.25, -0.2) is 0 Å². The highest BCUT2D eigenvalue weighted by atomic mass is 35.5. The molecule has 0 fully saturated rings. The maximum Gasteiger partial charge on any atom is 0.224 e. The Morgan fingerprint density at radius 1 is 0.871 bits per heavy atom. The van der Waals surface area contributed by atoms with E-state index in [0.29, 0.717) is 39.4 Å². The fourth-order valence-corrected chi connectivity index (χ4v) is 3.16. The molecule has 0 saturated carbocycles. The molecule has 0 saturated heterocycles. The van der Waals surface area contributed by atoms with E-state index >= 15 is 0 Å². The number of ether oxygens (including phenoxy) is 2. The van der Waals surface area contributed by atoms with Crippen LogP contribution in [0.3, 0.4) is 0 Å². The molecule has 0 aliphatic rings. The third-order valence-corrected chi connectivity index (χ3v) is 4.98. The molecule has 1 amide bonds. The molecule has 1 N–H and O–H groups in total. The monoisotopic (exact) mass is 457 g/mol. The lowest BCUT2D eigenvalue weighted by Gasteiger charge is -2.10. The minimum Gasteiger partial charge on any atom is -0.496 e. The van der Waals surface area contributed by atoms with E-state index in [1.165, 1.54) is 7.11 Å². The predicted molar refractivity (Wildman–Crippen MR) is 122 cm³/mol. The van der Waals surface area contributed by atoms with E-state index in [1.54, 1.807) is 42.5 Å². The van der Waals surface area contributed by atoms with Crippen LogP contribution in [-0.2, 0) is 11.4 Å². The van der Waals surface area contributed by atoms with Gasteiger partial charge in [0.1, 0.15) is 18.1 Å². The Kier molecular flexibility index (Phi) is 7.93. The zero-order chi connectivity index (χ0) is 22.2. The van der Waals surface area contributed by atoms with Crippen molar-refractivity contribution in [1.29, 1.82) is 0 Å². The van der Waals surface area contributed by atoms with Crippen LogP contribution in [0.2, 0.25) is 10.0 Å². The van der Waals surface area contributed by atoms with Crippen LogP contribution in [0.25, 0.3) is 0 Å². The van der Waals surface area contributed by atoms with Crippen LogP contribution < -0.4 is 14.8 Å². The van der Waals surface area contributed by atoms with Crippen molar-refractivity contribution in [3.63, 3.8) is 0 Å². The first kappa shape index (κ1) is 22.7. The number of methoxy groups -OCH3 is 1. The van der Waals surface area contributed by atoms with Crippen LogP contribution in [0.1, 0.15) is 28.8 Å². The van der Waals surface area contributed by atoms with Gasteiger partial charge in [-0.2, -0.15) is 0 Å². The number of carbonyl (C=O) groups excluding carboxylic acids is 2. The van der Waals surface area contributed by atoms with E-state index in [-0.39, 0.29) is 24.5 Å². The summed E-state index contributed by atoms with van der Waals surface area (Å²) in [5.74, 6) is 0.643. The molecular formula is C24H21Cl2NO4. The van der Waals surface area contributed by atoms with Crippen LogP contribution in [0.4, 0.5) is 5.69 Å². The van der Waals surface area contributed by atoms with E-state index in [2.05, 4.69) is 5.32 Å². The number of amides is 1. The Balaban J connectivity index is 1.48. The number of hydrogen-bond acceptors (Lipinski definition) is 4. The molecule has 5 nitrogen and oxygen atoms in total. The maximum absolute atomic E-state index is 12.4. The summed E-state index contributed by atoms with van der Waals surface area (Å²) in [7, 11) is 1.48. The fraction of sp³-hybridized carbons (Fsp3) is 0.167. The number of hydrogen-bond donors (Lipinski definition) is 1. The number of anilines is 1. The third kappa shape index (κ3) is 6.74. The summed E-state index contributed by atoms with van der Waals surface area (Å²) < 4.78 is 10.9. The van der Waals surface area contributed by atoms with Gasteiger partial charge in [0.05, 0.1) is 12.7 Å². The van der Waals surface area contributed by atoms with E-state index in [0.717, 1.165) is 5.56 Å². The maximum atomic E-state index is 12.4. The van der Waals surface area contributed by atoms with Gasteiger partial charge in [-0.05, 0) is 60.2 Å². The summed E-state index contributed by atoms with van der Waals surface area (Å²) in [5, 5.41) is 3.89. The van der Waals surface area contributed by atoms with Gasteiger partial charge in [-0.1, -0.05) is 35.3 Å². The van der Waals surface area contributed by atoms with Crippen LogP contribution in [-0.4, -0.2) is 18.8 Å². The smallest absolute Gasteiger partial charge is 0.224 e. The minimum atomic E-state index is -0.260. The van der Waals surface area contributed by atoms with Crippen LogP contribution in [0, 0.1) is 0 Å². The molecule has 7 heteroatoms. The number of halogens is 2. The summed E-state index contributed by atoms with van der Waals surface area (Å²) in [4.78, 5) is 24.7. The molecule has 3 aromatic carbocycles. The average Bonchev–Trinajstić information content (AvgIpc) is 2.78. The van der Waals surface area contributed by atoms with Crippen molar-refractivity contribution < 1.29 is 19.1 Å². The van der Waals surface area contributed by atoms with Gasteiger partial charge in [-0.15, -0.1) is 0 Å². The normalized spacial score (nSPS) is 10.4. The molecule has 0 heterocycles. The number of Topliss-reactive ketones (excluding diaryl/α,β-unsaturated/α-hetero) is 1. The van der Waals surface area contributed by atoms with Crippen LogP contribution >= 0.6 is 23.2 Å². The van der Waals surface area contributed by atoms with Crippen molar-refractivity contribution in [2.45, 2.75) is 19.4 Å². The molecule has 160 valence electrons. The lowest BCUT2D eigenvalue weighted by Crippen LogP contribution is -2.13. The highest BCUT2D eigenvalue weighted by molar-refractivity contribution is 6.31. The molecule has 0 atom stereocenters. The first-order chi connectivity index (χ1) is 14.9. The first-order valence-corrected chi connectivity index (χ1v) is 10.3. The molecule has 31 heavy (non-hydrogen) atoms. The largest absolute Gasteiger partial charge is 0.496 e. The Morgan fingerprint density at radius 2 is 1.55 bits per heavy atom. The molecule has 0 aliphatic heterocycles. The van der Waals surface area contributed by atoms with E-state index in [9.17, 15) is 9.59 Å². The lowest BCUT2D eigenvalue weighted by molar-refractivity contribution is -0.116. The van der Waals surface area contributed by atoms with Crippen molar-refractivity contribution in [2.24, 2.45) is 0 Å². The lowest BCUT2D eigenvalue weighted by atomic mass is 10.1. The first-order valence-electron chi connectivity index (χ1n) is 9.58. The molecule has 0 aromatic heterocycles. The number of ketones is 1. The summed E-state index contributed by atoms with van der Waals surface area (Å²) in [5.41, 5.74) is 1.99. The number of rotatable bonds is 9. The Hall–Kier alpha value is -3.02. The number of nitrogens with one attached hydrogen (secondary N) is 1. The molecule has 0 bridgehead atoms. The molecule has 0 aliphatic carbocycles. The summed E-state index contributed by atoms with van der Waals surface area (Å²) in [6.45, 7) is 0.415. The van der Waals surface area contributed by atoms with Crippen LogP contribution in [0.5, 0.6) is 11.5 Å². The standard InChI is InChI=1S/C24H21Cl2NO4/c1-30-23-12-6-18(26)14-21(23)22(28)11-13-24(29)27-19-7-9-20(10-8-19)31-15-16-2-4-17(25)5-3-16/h2-10,12,14H,11,13,15H2,1H3,(H,27,29). The van der Waals surface area contributed by atoms with Crippen molar-refractivity contribution in [3.8, 4) is 11.5 Å². The highest BCUT2D eigenvalue weighted by Crippen LogP contribution is 2.24. The highest BCUT2D eigenvalue weighted by Gasteiger charge is 2.15. The molecule has 3 aromatic rings. The molecule has 3 rings (SSSR count). The van der Waals surface area contributed by atoms with Gasteiger partial charge in [0, 0.05) is 28.6 Å². The van der Waals surface area contributed by atoms with Crippen molar-refractivity contribution in [1.82, 2.24) is 0 Å². The third-order valence-electron chi connectivity index (χ3n) is 4.50. The predicted octanol–water partition coefficient (Wildman–Crippen LogP) is 6.18. The quantitative estimate of drug-likeness (QED) is 0.389. The average molecular weight is 458 g/mol. The molecule has 0 spiro atoms. The van der Waals surface area contributed by atoms with Gasteiger partial charge >= 0.3 is 0 Å². The second-order valence-corrected chi connectivity index (χ2v) is 7.63. The van der Waals surface area contributed by atoms with Crippen LogP contribution in [0.15, 0.2) is 66.7 Å².